The van der Waals surface area contributed by atoms with Crippen molar-refractivity contribution >= 4 is 34.8 Å². The number of imide groups is 1. The van der Waals surface area contributed by atoms with Crippen LogP contribution >= 0.6 is 0 Å². The summed E-state index contributed by atoms with van der Waals surface area (Å²) in [6.07, 6.45) is -1.20. The van der Waals surface area contributed by atoms with Crippen LogP contribution in [-0.2, 0) is 14.4 Å². The first-order valence-corrected chi connectivity index (χ1v) is 10.7. The number of nitro benzene ring substituents is 1. The van der Waals surface area contributed by atoms with E-state index >= 15 is 0 Å². The number of hydrogen-bond acceptors (Lipinski definition) is 7. The topological polar surface area (TPSA) is 130 Å². The van der Waals surface area contributed by atoms with E-state index in [1.54, 1.807) is 24.3 Å². The van der Waals surface area contributed by atoms with Gasteiger partial charge in [0.05, 0.1) is 27.4 Å². The molecule has 2 amide bonds. The summed E-state index contributed by atoms with van der Waals surface area (Å²) in [6.45, 7) is 1.91. The number of rotatable bonds is 5. The highest BCUT2D eigenvalue weighted by molar-refractivity contribution is 6.24. The highest BCUT2D eigenvalue weighted by atomic mass is 16.7. The maximum absolute atomic E-state index is 13.6. The summed E-state index contributed by atoms with van der Waals surface area (Å²) in [4.78, 5) is 56.4. The van der Waals surface area contributed by atoms with Gasteiger partial charge in [0.1, 0.15) is 12.0 Å². The number of nitro groups is 1. The summed E-state index contributed by atoms with van der Waals surface area (Å²) < 4.78 is 0. The minimum absolute atomic E-state index is 0.00706. The summed E-state index contributed by atoms with van der Waals surface area (Å²) in [6, 6.07) is 17.7. The van der Waals surface area contributed by atoms with Gasteiger partial charge in [0.2, 0.25) is 5.91 Å². The summed E-state index contributed by atoms with van der Waals surface area (Å²) in [5.41, 5.74) is 1.79. The number of carbonyl (C=O) groups is 3. The first-order valence-electron chi connectivity index (χ1n) is 10.7. The second-order valence-corrected chi connectivity index (χ2v) is 8.34. The number of benzene rings is 3. The molecule has 35 heavy (non-hydrogen) atoms. The van der Waals surface area contributed by atoms with Gasteiger partial charge >= 0.3 is 5.97 Å². The molecule has 3 aromatic carbocycles. The minimum Gasteiger partial charge on any atom is -0.478 e. The molecule has 0 radical (unpaired) electrons. The van der Waals surface area contributed by atoms with Gasteiger partial charge in [-0.2, -0.15) is 0 Å². The molecule has 10 heteroatoms. The van der Waals surface area contributed by atoms with Gasteiger partial charge in [0, 0.05) is 6.07 Å². The lowest BCUT2D eigenvalue weighted by atomic mass is 9.89. The SMILES string of the molecule is Cc1ccc(N2O[C@@H]3C(=O)N(c4ccc(C(=O)O)cc4)C(=O)[C@@H]3[C@@H]2c2ccccc2[N+](=O)[O-])cc1. The molecule has 3 aromatic rings. The van der Waals surface area contributed by atoms with Crippen LogP contribution in [0.2, 0.25) is 0 Å². The van der Waals surface area contributed by atoms with Crippen molar-refractivity contribution in [2.45, 2.75) is 19.1 Å². The molecule has 0 bridgehead atoms. The van der Waals surface area contributed by atoms with E-state index in [1.165, 1.54) is 41.5 Å². The van der Waals surface area contributed by atoms with E-state index in [4.69, 9.17) is 9.94 Å². The van der Waals surface area contributed by atoms with Crippen molar-refractivity contribution in [1.82, 2.24) is 0 Å². The maximum Gasteiger partial charge on any atom is 0.335 e. The van der Waals surface area contributed by atoms with E-state index in [-0.39, 0.29) is 22.5 Å². The average Bonchev–Trinajstić information content (AvgIpc) is 3.35. The first-order chi connectivity index (χ1) is 16.8. The Morgan fingerprint density at radius 3 is 2.20 bits per heavy atom. The van der Waals surface area contributed by atoms with Crippen molar-refractivity contribution in [2.75, 3.05) is 9.96 Å². The number of amides is 2. The number of aromatic carboxylic acids is 1. The van der Waals surface area contributed by atoms with Crippen LogP contribution < -0.4 is 9.96 Å². The van der Waals surface area contributed by atoms with Gasteiger partial charge < -0.3 is 5.11 Å². The molecule has 2 heterocycles. The lowest BCUT2D eigenvalue weighted by Crippen LogP contribution is -2.37. The standard InChI is InChI=1S/C25H19N3O7/c1-14-6-10-17(11-7-14)27-21(18-4-2-3-5-19(18)28(33)34)20-22(35-27)24(30)26(23(20)29)16-12-8-15(9-13-16)25(31)32/h2-13,20-22H,1H3,(H,31,32)/t20-,21+,22+/m1/s1. The second-order valence-electron chi connectivity index (χ2n) is 8.34. The molecule has 0 aliphatic carbocycles. The fourth-order valence-corrected chi connectivity index (χ4v) is 4.56. The number of hydrogen-bond donors (Lipinski definition) is 1. The van der Waals surface area contributed by atoms with E-state index in [0.717, 1.165) is 10.5 Å². The number of aryl methyl sites for hydroxylation is 1. The Labute approximate surface area is 199 Å². The van der Waals surface area contributed by atoms with Crippen LogP contribution in [0.5, 0.6) is 0 Å². The predicted octanol–water partition coefficient (Wildman–Crippen LogP) is 3.65. The zero-order valence-electron chi connectivity index (χ0n) is 18.4. The van der Waals surface area contributed by atoms with Gasteiger partial charge in [-0.3, -0.25) is 24.5 Å². The van der Waals surface area contributed by atoms with Crippen LogP contribution in [0.1, 0.15) is 27.5 Å². The molecular weight excluding hydrogens is 454 g/mol. The van der Waals surface area contributed by atoms with Crippen molar-refractivity contribution < 1.29 is 29.3 Å². The fraction of sp³-hybridized carbons (Fsp3) is 0.160. The lowest BCUT2D eigenvalue weighted by molar-refractivity contribution is -0.385. The molecule has 0 aromatic heterocycles. The zero-order valence-corrected chi connectivity index (χ0v) is 18.4. The monoisotopic (exact) mass is 473 g/mol. The van der Waals surface area contributed by atoms with Crippen molar-refractivity contribution in [2.24, 2.45) is 5.92 Å². The normalized spacial score (nSPS) is 21.3. The maximum atomic E-state index is 13.6. The van der Waals surface area contributed by atoms with Gasteiger partial charge in [0.15, 0.2) is 6.10 Å². The molecule has 1 N–H and O–H groups in total. The van der Waals surface area contributed by atoms with E-state index in [1.807, 2.05) is 19.1 Å². The summed E-state index contributed by atoms with van der Waals surface area (Å²) in [5, 5.41) is 22.3. The van der Waals surface area contributed by atoms with Crippen molar-refractivity contribution in [3.05, 3.63) is 99.6 Å². The molecule has 0 spiro atoms. The number of anilines is 2. The van der Waals surface area contributed by atoms with Crippen LogP contribution in [0, 0.1) is 23.0 Å². The van der Waals surface area contributed by atoms with Crippen LogP contribution in [-0.4, -0.2) is 33.9 Å². The fourth-order valence-electron chi connectivity index (χ4n) is 4.56. The van der Waals surface area contributed by atoms with Crippen LogP contribution in [0.3, 0.4) is 0 Å². The number of carbonyl (C=O) groups excluding carboxylic acids is 2. The predicted molar refractivity (Wildman–Crippen MR) is 124 cm³/mol. The van der Waals surface area contributed by atoms with Gasteiger partial charge in [0.25, 0.3) is 11.6 Å². The molecule has 176 valence electrons. The molecule has 0 saturated carbocycles. The van der Waals surface area contributed by atoms with Crippen molar-refractivity contribution in [3.63, 3.8) is 0 Å². The first kappa shape index (κ1) is 22.2. The smallest absolute Gasteiger partial charge is 0.335 e. The van der Waals surface area contributed by atoms with Gasteiger partial charge in [-0.25, -0.2) is 14.8 Å². The summed E-state index contributed by atoms with van der Waals surface area (Å²) in [5.74, 6) is -3.40. The quantitative estimate of drug-likeness (QED) is 0.338. The molecular formula is C25H19N3O7. The number of carboxylic acids is 1. The van der Waals surface area contributed by atoms with Crippen molar-refractivity contribution in [1.29, 1.82) is 0 Å². The molecule has 3 atom stereocenters. The van der Waals surface area contributed by atoms with Gasteiger partial charge in [-0.1, -0.05) is 29.8 Å². The van der Waals surface area contributed by atoms with E-state index in [0.29, 0.717) is 5.69 Å². The average molecular weight is 473 g/mol. The van der Waals surface area contributed by atoms with Crippen molar-refractivity contribution in [3.8, 4) is 0 Å². The number of hydroxylamine groups is 1. The number of carboxylic acid groups (broad SMARTS) is 1. The number of fused-ring (bicyclic) bond motifs is 1. The van der Waals surface area contributed by atoms with E-state index in [2.05, 4.69) is 0 Å². The Morgan fingerprint density at radius 2 is 1.57 bits per heavy atom. The highest BCUT2D eigenvalue weighted by Gasteiger charge is 2.61. The largest absolute Gasteiger partial charge is 0.478 e. The molecule has 10 nitrogen and oxygen atoms in total. The molecule has 2 saturated heterocycles. The molecule has 0 unspecified atom stereocenters. The Balaban J connectivity index is 1.60. The highest BCUT2D eigenvalue weighted by Crippen LogP contribution is 2.49. The molecule has 5 rings (SSSR count). The summed E-state index contributed by atoms with van der Waals surface area (Å²) >= 11 is 0. The van der Waals surface area contributed by atoms with Gasteiger partial charge in [-0.15, -0.1) is 0 Å². The van der Waals surface area contributed by atoms with Crippen LogP contribution in [0.25, 0.3) is 0 Å². The van der Waals surface area contributed by atoms with E-state index < -0.39 is 40.8 Å². The second kappa shape index (κ2) is 8.33. The van der Waals surface area contributed by atoms with Gasteiger partial charge in [-0.05, 0) is 49.4 Å². The Hall–Kier alpha value is -4.57. The third kappa shape index (κ3) is 3.60. The number of nitrogens with zero attached hydrogens (tertiary/aromatic N) is 3. The minimum atomic E-state index is -1.20. The van der Waals surface area contributed by atoms with E-state index in [9.17, 15) is 24.5 Å². The third-order valence-electron chi connectivity index (χ3n) is 6.23. The summed E-state index contributed by atoms with van der Waals surface area (Å²) in [7, 11) is 0. The third-order valence-corrected chi connectivity index (χ3v) is 6.23. The Kier molecular flexibility index (Phi) is 5.29. The lowest BCUT2D eigenvalue weighted by Gasteiger charge is -2.28. The molecule has 2 aliphatic heterocycles. The zero-order chi connectivity index (χ0) is 24.9. The van der Waals surface area contributed by atoms with Crippen LogP contribution in [0.4, 0.5) is 17.1 Å². The molecule has 2 aliphatic rings. The van der Waals surface area contributed by atoms with Crippen LogP contribution in [0.15, 0.2) is 72.8 Å². The Bertz CT molecular complexity index is 1350. The Morgan fingerprint density at radius 1 is 0.943 bits per heavy atom. The number of para-hydroxylation sites is 1. The molecule has 2 fully saturated rings.